The number of nitrogens with zero attached hydrogens (tertiary/aromatic N) is 2. The molecule has 8 heteroatoms. The molecule has 0 atom stereocenters. The van der Waals surface area contributed by atoms with E-state index in [0.29, 0.717) is 49.0 Å². The number of hydrogen-bond acceptors (Lipinski definition) is 5. The maximum Gasteiger partial charge on any atom is 0.256 e. The van der Waals surface area contributed by atoms with Gasteiger partial charge in [-0.05, 0) is 49.6 Å². The number of fused-ring (bicyclic) bond motifs is 1. The number of anilines is 1. The second kappa shape index (κ2) is 8.27. The number of amides is 1. The van der Waals surface area contributed by atoms with Crippen molar-refractivity contribution in [2.75, 3.05) is 31.6 Å². The quantitative estimate of drug-likeness (QED) is 0.639. The summed E-state index contributed by atoms with van der Waals surface area (Å²) in [6, 6.07) is 14.5. The molecule has 1 aliphatic heterocycles. The van der Waals surface area contributed by atoms with Crippen molar-refractivity contribution < 1.29 is 17.9 Å². The number of hydrogen-bond donors (Lipinski definition) is 1. The molecule has 32 heavy (non-hydrogen) atoms. The molecule has 1 saturated carbocycles. The summed E-state index contributed by atoms with van der Waals surface area (Å²) in [5.41, 5.74) is 3.37. The van der Waals surface area contributed by atoms with Gasteiger partial charge in [0.25, 0.3) is 5.91 Å². The molecular formula is C24H25N3O4S. The average molecular weight is 452 g/mol. The maximum absolute atomic E-state index is 13.3. The van der Waals surface area contributed by atoms with Gasteiger partial charge in [-0.25, -0.2) is 8.42 Å². The molecule has 1 N–H and O–H groups in total. The normalized spacial score (nSPS) is 17.4. The highest BCUT2D eigenvalue weighted by atomic mass is 32.2. The number of ether oxygens (including phenoxy) is 1. The highest BCUT2D eigenvalue weighted by molar-refractivity contribution is 7.89. The number of nitrogens with one attached hydrogen (secondary N) is 1. The van der Waals surface area contributed by atoms with Gasteiger partial charge in [0.2, 0.25) is 10.0 Å². The Balaban J connectivity index is 1.47. The van der Waals surface area contributed by atoms with Gasteiger partial charge in [-0.2, -0.15) is 4.31 Å². The van der Waals surface area contributed by atoms with E-state index in [1.807, 2.05) is 30.3 Å². The Morgan fingerprint density at radius 1 is 1.09 bits per heavy atom. The number of carbonyl (C=O) groups excluding carboxylic acids is 1. The largest absolute Gasteiger partial charge is 0.379 e. The van der Waals surface area contributed by atoms with E-state index in [1.165, 1.54) is 4.31 Å². The summed E-state index contributed by atoms with van der Waals surface area (Å²) < 4.78 is 33.1. The van der Waals surface area contributed by atoms with Crippen LogP contribution in [0.4, 0.5) is 5.69 Å². The van der Waals surface area contributed by atoms with Gasteiger partial charge in [-0.3, -0.25) is 9.78 Å². The van der Waals surface area contributed by atoms with E-state index in [9.17, 15) is 13.2 Å². The van der Waals surface area contributed by atoms with E-state index in [4.69, 9.17) is 9.72 Å². The van der Waals surface area contributed by atoms with Crippen molar-refractivity contribution in [1.29, 1.82) is 0 Å². The Morgan fingerprint density at radius 2 is 1.84 bits per heavy atom. The van der Waals surface area contributed by atoms with E-state index in [2.05, 4.69) is 5.32 Å². The Labute approximate surface area is 187 Å². The van der Waals surface area contributed by atoms with Gasteiger partial charge in [-0.1, -0.05) is 24.3 Å². The van der Waals surface area contributed by atoms with Gasteiger partial charge in [0.05, 0.1) is 29.2 Å². The monoisotopic (exact) mass is 451 g/mol. The molecule has 1 saturated heterocycles. The van der Waals surface area contributed by atoms with Gasteiger partial charge in [0.15, 0.2) is 0 Å². The Kier molecular flexibility index (Phi) is 5.44. The molecule has 1 aliphatic carbocycles. The zero-order chi connectivity index (χ0) is 22.3. The van der Waals surface area contributed by atoms with Crippen molar-refractivity contribution >= 4 is 32.5 Å². The van der Waals surface area contributed by atoms with Gasteiger partial charge < -0.3 is 10.1 Å². The average Bonchev–Trinajstić information content (AvgIpc) is 3.65. The second-order valence-electron chi connectivity index (χ2n) is 8.34. The van der Waals surface area contributed by atoms with Gasteiger partial charge >= 0.3 is 0 Å². The minimum atomic E-state index is -3.67. The SMILES string of the molecule is Cc1ccc(NC(=O)c2cc(C3CC3)nc3ccccc23)cc1S(=O)(=O)N1CCOCC1. The molecule has 5 rings (SSSR count). The fourth-order valence-electron chi connectivity index (χ4n) is 4.05. The third-order valence-electron chi connectivity index (χ3n) is 6.01. The highest BCUT2D eigenvalue weighted by Crippen LogP contribution is 2.40. The van der Waals surface area contributed by atoms with Crippen LogP contribution < -0.4 is 5.32 Å². The summed E-state index contributed by atoms with van der Waals surface area (Å²) in [4.78, 5) is 18.2. The summed E-state index contributed by atoms with van der Waals surface area (Å²) in [6.07, 6.45) is 2.18. The van der Waals surface area contributed by atoms with Gasteiger partial charge in [0.1, 0.15) is 0 Å². The molecule has 7 nitrogen and oxygen atoms in total. The molecule has 2 fully saturated rings. The first-order valence-corrected chi connectivity index (χ1v) is 12.3. The molecule has 2 heterocycles. The number of aromatic nitrogens is 1. The van der Waals surface area contributed by atoms with Crippen molar-refractivity contribution in [3.8, 4) is 0 Å². The number of carbonyl (C=O) groups is 1. The number of aryl methyl sites for hydroxylation is 1. The lowest BCUT2D eigenvalue weighted by Gasteiger charge is -2.26. The standard InChI is InChI=1S/C24H25N3O4S/c1-16-6-9-18(14-23(16)32(29,30)27-10-12-31-13-11-27)25-24(28)20-15-22(17-7-8-17)26-21-5-3-2-4-19(20)21/h2-6,9,14-15,17H,7-8,10-13H2,1H3,(H,25,28). The Hall–Kier alpha value is -2.81. The first-order chi connectivity index (χ1) is 15.4. The van der Waals surface area contributed by atoms with Crippen LogP contribution >= 0.6 is 0 Å². The van der Waals surface area contributed by atoms with E-state index >= 15 is 0 Å². The lowest BCUT2D eigenvalue weighted by Crippen LogP contribution is -2.40. The third-order valence-corrected chi connectivity index (χ3v) is 8.05. The topological polar surface area (TPSA) is 88.6 Å². The zero-order valence-corrected chi connectivity index (χ0v) is 18.7. The smallest absolute Gasteiger partial charge is 0.256 e. The molecule has 1 aromatic heterocycles. The number of pyridine rings is 1. The molecular weight excluding hydrogens is 426 g/mol. The van der Waals surface area contributed by atoms with Crippen molar-refractivity contribution in [1.82, 2.24) is 9.29 Å². The van der Waals surface area contributed by atoms with Crippen molar-refractivity contribution in [3.63, 3.8) is 0 Å². The third kappa shape index (κ3) is 4.01. The number of benzene rings is 2. The fraction of sp³-hybridized carbons (Fsp3) is 0.333. The Morgan fingerprint density at radius 3 is 2.59 bits per heavy atom. The van der Waals surface area contributed by atoms with Crippen LogP contribution in [0.5, 0.6) is 0 Å². The van der Waals surface area contributed by atoms with Gasteiger partial charge in [-0.15, -0.1) is 0 Å². The number of para-hydroxylation sites is 1. The first-order valence-electron chi connectivity index (χ1n) is 10.8. The van der Waals surface area contributed by atoms with Crippen molar-refractivity contribution in [2.24, 2.45) is 0 Å². The van der Waals surface area contributed by atoms with E-state index in [0.717, 1.165) is 29.4 Å². The van der Waals surface area contributed by atoms with Crippen LogP contribution in [0.25, 0.3) is 10.9 Å². The van der Waals surface area contributed by atoms with Crippen LogP contribution in [0, 0.1) is 6.92 Å². The van der Waals surface area contributed by atoms with E-state index < -0.39 is 10.0 Å². The lowest BCUT2D eigenvalue weighted by molar-refractivity contribution is 0.0730. The van der Waals surface area contributed by atoms with Crippen molar-refractivity contribution in [3.05, 3.63) is 65.4 Å². The molecule has 0 bridgehead atoms. The molecule has 0 spiro atoms. The summed E-state index contributed by atoms with van der Waals surface area (Å²) in [6.45, 7) is 3.17. The highest BCUT2D eigenvalue weighted by Gasteiger charge is 2.29. The summed E-state index contributed by atoms with van der Waals surface area (Å²) in [5, 5.41) is 3.69. The number of sulfonamides is 1. The van der Waals surface area contributed by atoms with Crippen molar-refractivity contribution in [2.45, 2.75) is 30.6 Å². The first kappa shape index (κ1) is 21.1. The predicted molar refractivity (Wildman–Crippen MR) is 122 cm³/mol. The summed E-state index contributed by atoms with van der Waals surface area (Å²) in [7, 11) is -3.67. The minimum Gasteiger partial charge on any atom is -0.379 e. The predicted octanol–water partition coefficient (Wildman–Crippen LogP) is 3.69. The molecule has 2 aromatic carbocycles. The number of morpholine rings is 1. The van der Waals surface area contributed by atoms with Crippen LogP contribution in [0.3, 0.4) is 0 Å². The number of rotatable bonds is 5. The fourth-order valence-corrected chi connectivity index (χ4v) is 5.71. The maximum atomic E-state index is 13.3. The second-order valence-corrected chi connectivity index (χ2v) is 10.2. The molecule has 3 aromatic rings. The van der Waals surface area contributed by atoms with Crippen LogP contribution in [-0.2, 0) is 14.8 Å². The van der Waals surface area contributed by atoms with Crippen LogP contribution in [-0.4, -0.2) is 49.9 Å². The molecule has 0 unspecified atom stereocenters. The van der Waals surface area contributed by atoms with Crippen LogP contribution in [0.1, 0.15) is 40.4 Å². The van der Waals surface area contributed by atoms with E-state index in [-0.39, 0.29) is 10.8 Å². The van der Waals surface area contributed by atoms with E-state index in [1.54, 1.807) is 25.1 Å². The van der Waals surface area contributed by atoms with Crippen LogP contribution in [0.15, 0.2) is 53.4 Å². The molecule has 166 valence electrons. The zero-order valence-electron chi connectivity index (χ0n) is 17.9. The lowest BCUT2D eigenvalue weighted by atomic mass is 10.1. The Bertz CT molecular complexity index is 1300. The van der Waals surface area contributed by atoms with Gasteiger partial charge in [0, 0.05) is 35.8 Å². The minimum absolute atomic E-state index is 0.204. The molecule has 2 aliphatic rings. The summed E-state index contributed by atoms with van der Waals surface area (Å²) >= 11 is 0. The molecule has 1 amide bonds. The molecule has 0 radical (unpaired) electrons. The summed E-state index contributed by atoms with van der Waals surface area (Å²) in [5.74, 6) is 0.139. The van der Waals surface area contributed by atoms with Crippen LogP contribution in [0.2, 0.25) is 0 Å².